The Balaban J connectivity index is 1.87. The Morgan fingerprint density at radius 2 is 1.87 bits per heavy atom. The molecule has 2 aromatic heterocycles. The van der Waals surface area contributed by atoms with E-state index >= 15 is 0 Å². The summed E-state index contributed by atoms with van der Waals surface area (Å²) in [6.45, 7) is 1.95. The Kier molecular flexibility index (Phi) is 6.69. The fraction of sp³-hybridized carbons (Fsp3) is 0.227. The van der Waals surface area contributed by atoms with Gasteiger partial charge in [-0.2, -0.15) is 5.10 Å². The minimum Gasteiger partial charge on any atom is -0.363 e. The topological polar surface area (TPSA) is 120 Å². The lowest BCUT2D eigenvalue weighted by Gasteiger charge is -2.17. The van der Waals surface area contributed by atoms with E-state index in [1.165, 1.54) is 4.68 Å². The first-order valence-electron chi connectivity index (χ1n) is 9.72. The molecule has 0 fully saturated rings. The van der Waals surface area contributed by atoms with Crippen molar-refractivity contribution in [2.45, 2.75) is 32.2 Å². The summed E-state index contributed by atoms with van der Waals surface area (Å²) in [5.74, 6) is -2.08. The summed E-state index contributed by atoms with van der Waals surface area (Å²) in [7, 11) is 0. The number of nitrogens with zero attached hydrogens (tertiary/aromatic N) is 3. The molecule has 3 aromatic rings. The molecule has 8 nitrogen and oxygen atoms in total. The second kappa shape index (κ2) is 9.60. The number of carbonyl (C=O) groups excluding carboxylic acids is 3. The highest BCUT2D eigenvalue weighted by Crippen LogP contribution is 2.19. The molecule has 0 saturated carbocycles. The third kappa shape index (κ3) is 4.78. The van der Waals surface area contributed by atoms with Crippen LogP contribution in [0.1, 0.15) is 36.5 Å². The van der Waals surface area contributed by atoms with Crippen molar-refractivity contribution in [2.75, 3.05) is 0 Å². The number of ketones is 1. The summed E-state index contributed by atoms with van der Waals surface area (Å²) in [5.41, 5.74) is 7.04. The van der Waals surface area contributed by atoms with Crippen LogP contribution in [0.15, 0.2) is 60.9 Å². The van der Waals surface area contributed by atoms with Crippen molar-refractivity contribution in [3.05, 3.63) is 66.5 Å². The van der Waals surface area contributed by atoms with E-state index in [4.69, 9.17) is 5.73 Å². The van der Waals surface area contributed by atoms with E-state index in [9.17, 15) is 14.4 Å². The molecule has 1 unspecified atom stereocenters. The maximum atomic E-state index is 12.9. The summed E-state index contributed by atoms with van der Waals surface area (Å²) < 4.78 is 1.51. The molecule has 0 radical (unpaired) electrons. The molecule has 1 aromatic carbocycles. The van der Waals surface area contributed by atoms with E-state index in [-0.39, 0.29) is 5.56 Å². The van der Waals surface area contributed by atoms with Crippen LogP contribution in [0.25, 0.3) is 17.1 Å². The molecule has 0 aliphatic heterocycles. The number of pyridine rings is 1. The van der Waals surface area contributed by atoms with Crippen LogP contribution in [0.2, 0.25) is 0 Å². The van der Waals surface area contributed by atoms with Gasteiger partial charge in [-0.1, -0.05) is 50.1 Å². The summed E-state index contributed by atoms with van der Waals surface area (Å²) >= 11 is 0. The minimum atomic E-state index is -1.07. The maximum absolute atomic E-state index is 12.9. The number of aromatic nitrogens is 3. The number of rotatable bonds is 9. The third-order valence-corrected chi connectivity index (χ3v) is 4.62. The van der Waals surface area contributed by atoms with Crippen molar-refractivity contribution in [1.29, 1.82) is 0 Å². The van der Waals surface area contributed by atoms with E-state index in [0.717, 1.165) is 17.7 Å². The monoisotopic (exact) mass is 405 g/mol. The second-order valence-electron chi connectivity index (χ2n) is 6.78. The molecular formula is C22H23N5O3. The fourth-order valence-corrected chi connectivity index (χ4v) is 3.05. The van der Waals surface area contributed by atoms with E-state index in [1.807, 2.05) is 43.3 Å². The highest BCUT2D eigenvalue weighted by atomic mass is 16.2. The van der Waals surface area contributed by atoms with Crippen LogP contribution in [-0.4, -0.2) is 38.4 Å². The highest BCUT2D eigenvalue weighted by Gasteiger charge is 2.26. The number of hydrogen-bond acceptors (Lipinski definition) is 5. The quantitative estimate of drug-likeness (QED) is 0.529. The summed E-state index contributed by atoms with van der Waals surface area (Å²) in [5, 5.41) is 7.15. The first-order chi connectivity index (χ1) is 14.5. The van der Waals surface area contributed by atoms with E-state index in [0.29, 0.717) is 18.7 Å². The third-order valence-electron chi connectivity index (χ3n) is 4.62. The first kappa shape index (κ1) is 20.9. The number of unbranched alkanes of at least 4 members (excludes halogenated alkanes) is 1. The highest BCUT2D eigenvalue weighted by molar-refractivity contribution is 6.38. The summed E-state index contributed by atoms with van der Waals surface area (Å²) in [4.78, 5) is 40.7. The second-order valence-corrected chi connectivity index (χ2v) is 6.78. The van der Waals surface area contributed by atoms with Crippen molar-refractivity contribution in [3.63, 3.8) is 0 Å². The SMILES string of the molecule is CCCCC(NC(=O)c1cccnc1-n1ccc(-c2ccccc2)n1)C(=O)C(N)=O. The molecule has 2 amide bonds. The number of Topliss-reactive ketones (excluding diaryl/α,β-unsaturated/α-hetero) is 1. The molecule has 0 aliphatic rings. The van der Waals surface area contributed by atoms with E-state index in [2.05, 4.69) is 15.4 Å². The summed E-state index contributed by atoms with van der Waals surface area (Å²) in [6.07, 6.45) is 5.08. The molecule has 3 rings (SSSR count). The number of carbonyl (C=O) groups is 3. The number of benzene rings is 1. The van der Waals surface area contributed by atoms with Gasteiger partial charge in [0.1, 0.15) is 0 Å². The lowest BCUT2D eigenvalue weighted by molar-refractivity contribution is -0.137. The van der Waals surface area contributed by atoms with Gasteiger partial charge in [0.05, 0.1) is 17.3 Å². The Bertz CT molecular complexity index is 1050. The molecule has 3 N–H and O–H groups in total. The predicted molar refractivity (Wildman–Crippen MR) is 112 cm³/mol. The number of hydrogen-bond donors (Lipinski definition) is 2. The van der Waals surface area contributed by atoms with Crippen LogP contribution >= 0.6 is 0 Å². The van der Waals surface area contributed by atoms with Crippen molar-refractivity contribution in [2.24, 2.45) is 5.73 Å². The van der Waals surface area contributed by atoms with Gasteiger partial charge in [-0.05, 0) is 24.6 Å². The van der Waals surface area contributed by atoms with Gasteiger partial charge < -0.3 is 11.1 Å². The van der Waals surface area contributed by atoms with Gasteiger partial charge in [0.25, 0.3) is 11.8 Å². The van der Waals surface area contributed by atoms with Gasteiger partial charge >= 0.3 is 0 Å². The average molecular weight is 405 g/mol. The smallest absolute Gasteiger partial charge is 0.287 e. The lowest BCUT2D eigenvalue weighted by Crippen LogP contribution is -2.46. The Labute approximate surface area is 174 Å². The molecule has 2 heterocycles. The van der Waals surface area contributed by atoms with Crippen LogP contribution in [-0.2, 0) is 9.59 Å². The normalized spacial score (nSPS) is 11.6. The van der Waals surface area contributed by atoms with Gasteiger partial charge in [0, 0.05) is 18.0 Å². The minimum absolute atomic E-state index is 0.235. The zero-order valence-electron chi connectivity index (χ0n) is 16.6. The van der Waals surface area contributed by atoms with Crippen molar-refractivity contribution < 1.29 is 14.4 Å². The molecule has 0 aliphatic carbocycles. The molecule has 8 heteroatoms. The van der Waals surface area contributed by atoms with Gasteiger partial charge in [0.15, 0.2) is 5.82 Å². The molecule has 0 saturated heterocycles. The molecule has 30 heavy (non-hydrogen) atoms. The molecule has 0 spiro atoms. The van der Waals surface area contributed by atoms with Crippen LogP contribution in [0.5, 0.6) is 0 Å². The number of nitrogens with two attached hydrogens (primary N) is 1. The van der Waals surface area contributed by atoms with E-state index in [1.54, 1.807) is 24.5 Å². The van der Waals surface area contributed by atoms with Gasteiger partial charge in [-0.15, -0.1) is 0 Å². The van der Waals surface area contributed by atoms with E-state index < -0.39 is 23.6 Å². The maximum Gasteiger partial charge on any atom is 0.287 e. The fourth-order valence-electron chi connectivity index (χ4n) is 3.05. The van der Waals surface area contributed by atoms with Gasteiger partial charge in [-0.3, -0.25) is 14.4 Å². The summed E-state index contributed by atoms with van der Waals surface area (Å²) in [6, 6.07) is 13.7. The van der Waals surface area contributed by atoms with Crippen LogP contribution < -0.4 is 11.1 Å². The Morgan fingerprint density at radius 1 is 1.10 bits per heavy atom. The van der Waals surface area contributed by atoms with Gasteiger partial charge in [0.2, 0.25) is 5.78 Å². The predicted octanol–water partition coefficient (Wildman–Crippen LogP) is 2.28. The lowest BCUT2D eigenvalue weighted by atomic mass is 10.0. The molecule has 1 atom stereocenters. The number of primary amides is 1. The first-order valence-corrected chi connectivity index (χ1v) is 9.72. The van der Waals surface area contributed by atoms with Gasteiger partial charge in [-0.25, -0.2) is 9.67 Å². The zero-order chi connectivity index (χ0) is 21.5. The largest absolute Gasteiger partial charge is 0.363 e. The Morgan fingerprint density at radius 3 is 2.57 bits per heavy atom. The standard InChI is InChI=1S/C22H23N5O3/c1-2-3-11-18(19(28)20(23)29)25-22(30)16-10-7-13-24-21(16)27-14-12-17(26-27)15-8-5-4-6-9-15/h4-10,12-14,18H,2-3,11H2,1H3,(H2,23,29)(H,25,30). The van der Waals surface area contributed by atoms with Crippen molar-refractivity contribution in [3.8, 4) is 17.1 Å². The number of nitrogens with one attached hydrogen (secondary N) is 1. The average Bonchev–Trinajstić information content (AvgIpc) is 3.26. The van der Waals surface area contributed by atoms with Crippen LogP contribution in [0.4, 0.5) is 0 Å². The Hall–Kier alpha value is -3.81. The molecule has 0 bridgehead atoms. The molecular weight excluding hydrogens is 382 g/mol. The van der Waals surface area contributed by atoms with Crippen LogP contribution in [0.3, 0.4) is 0 Å². The zero-order valence-corrected chi connectivity index (χ0v) is 16.6. The van der Waals surface area contributed by atoms with Crippen molar-refractivity contribution >= 4 is 17.6 Å². The van der Waals surface area contributed by atoms with Crippen LogP contribution in [0, 0.1) is 0 Å². The van der Waals surface area contributed by atoms with Crippen molar-refractivity contribution in [1.82, 2.24) is 20.1 Å². The number of amides is 2. The molecule has 154 valence electrons.